The summed E-state index contributed by atoms with van der Waals surface area (Å²) in [6, 6.07) is 9.45. The summed E-state index contributed by atoms with van der Waals surface area (Å²) >= 11 is 0. The molecule has 21 heavy (non-hydrogen) atoms. The van der Waals surface area contributed by atoms with Crippen molar-refractivity contribution < 1.29 is 4.74 Å². The van der Waals surface area contributed by atoms with Crippen LogP contribution in [0.1, 0.15) is 30.1 Å². The first-order chi connectivity index (χ1) is 10.3. The zero-order chi connectivity index (χ0) is 14.7. The van der Waals surface area contributed by atoms with Gasteiger partial charge in [-0.1, -0.05) is 18.2 Å². The molecule has 1 aliphatic rings. The smallest absolute Gasteiger partial charge is 0.252 e. The van der Waals surface area contributed by atoms with Crippen LogP contribution in [0.25, 0.3) is 0 Å². The number of nitrogens with one attached hydrogen (secondary N) is 2. The summed E-state index contributed by atoms with van der Waals surface area (Å²) in [4.78, 5) is 18.9. The Bertz CT molecular complexity index is 677. The fraction of sp³-hybridized carbons (Fsp3) is 0.375. The van der Waals surface area contributed by atoms with Gasteiger partial charge in [0.15, 0.2) is 0 Å². The molecular formula is C16H19N3O2. The number of nitrogens with zero attached hydrogens (tertiary/aromatic N) is 1. The third-order valence-corrected chi connectivity index (χ3v) is 3.62. The molecule has 1 heterocycles. The van der Waals surface area contributed by atoms with Gasteiger partial charge in [0.25, 0.3) is 5.56 Å². The number of anilines is 1. The van der Waals surface area contributed by atoms with Gasteiger partial charge in [-0.2, -0.15) is 0 Å². The van der Waals surface area contributed by atoms with Crippen LogP contribution in [0.3, 0.4) is 0 Å². The van der Waals surface area contributed by atoms with Crippen LogP contribution in [-0.4, -0.2) is 23.6 Å². The summed E-state index contributed by atoms with van der Waals surface area (Å²) < 4.78 is 5.33. The van der Waals surface area contributed by atoms with Crippen molar-refractivity contribution in [3.63, 3.8) is 0 Å². The Morgan fingerprint density at radius 3 is 2.95 bits per heavy atom. The lowest BCUT2D eigenvalue weighted by molar-refractivity contribution is 0.410. The van der Waals surface area contributed by atoms with Crippen LogP contribution in [0.5, 0.6) is 5.75 Å². The summed E-state index contributed by atoms with van der Waals surface area (Å²) in [6.07, 6.45) is 3.05. The molecule has 5 nitrogen and oxygen atoms in total. The van der Waals surface area contributed by atoms with Crippen LogP contribution >= 0.6 is 0 Å². The van der Waals surface area contributed by atoms with Crippen LogP contribution in [0.2, 0.25) is 0 Å². The van der Waals surface area contributed by atoms with Crippen LogP contribution < -0.4 is 15.6 Å². The van der Waals surface area contributed by atoms with Gasteiger partial charge in [0.1, 0.15) is 17.4 Å². The summed E-state index contributed by atoms with van der Waals surface area (Å²) in [6.45, 7) is 0.709. The molecule has 3 rings (SSSR count). The number of rotatable bonds is 6. The van der Waals surface area contributed by atoms with Crippen molar-refractivity contribution >= 4 is 5.82 Å². The second kappa shape index (κ2) is 5.99. The summed E-state index contributed by atoms with van der Waals surface area (Å²) in [5.74, 6) is 2.78. The van der Waals surface area contributed by atoms with Crippen LogP contribution in [0.4, 0.5) is 5.82 Å². The van der Waals surface area contributed by atoms with E-state index < -0.39 is 0 Å². The Morgan fingerprint density at radius 1 is 1.38 bits per heavy atom. The van der Waals surface area contributed by atoms with Gasteiger partial charge >= 0.3 is 0 Å². The van der Waals surface area contributed by atoms with Crippen LogP contribution in [-0.2, 0) is 6.42 Å². The average molecular weight is 285 g/mol. The molecule has 1 aromatic heterocycles. The molecule has 1 fully saturated rings. The van der Waals surface area contributed by atoms with E-state index in [2.05, 4.69) is 15.3 Å². The first kappa shape index (κ1) is 13.7. The van der Waals surface area contributed by atoms with E-state index in [1.807, 2.05) is 24.3 Å². The third-order valence-electron chi connectivity index (χ3n) is 3.62. The number of benzene rings is 1. The van der Waals surface area contributed by atoms with E-state index in [1.165, 1.54) is 6.07 Å². The number of aromatic amines is 1. The van der Waals surface area contributed by atoms with Crippen molar-refractivity contribution in [2.45, 2.75) is 25.2 Å². The van der Waals surface area contributed by atoms with Gasteiger partial charge in [-0.05, 0) is 30.9 Å². The second-order valence-corrected chi connectivity index (χ2v) is 5.28. The number of H-pyrrole nitrogens is 1. The van der Waals surface area contributed by atoms with Crippen molar-refractivity contribution in [2.24, 2.45) is 0 Å². The zero-order valence-corrected chi connectivity index (χ0v) is 12.1. The van der Waals surface area contributed by atoms with Gasteiger partial charge in [0.2, 0.25) is 0 Å². The van der Waals surface area contributed by atoms with Crippen molar-refractivity contribution in [2.75, 3.05) is 19.0 Å². The standard InChI is InChI=1S/C16H19N3O2/c1-21-13-5-3-2-4-11(13)8-9-17-14-10-15(20)19-16(18-14)12-6-7-12/h2-5,10,12H,6-9H2,1H3,(H2,17,18,19,20). The predicted molar refractivity (Wildman–Crippen MR) is 82.0 cm³/mol. The second-order valence-electron chi connectivity index (χ2n) is 5.28. The minimum Gasteiger partial charge on any atom is -0.496 e. The average Bonchev–Trinajstić information content (AvgIpc) is 3.32. The molecule has 0 radical (unpaired) electrons. The van der Waals surface area contributed by atoms with Crippen molar-refractivity contribution in [1.29, 1.82) is 0 Å². The first-order valence-electron chi connectivity index (χ1n) is 7.23. The van der Waals surface area contributed by atoms with Gasteiger partial charge in [-0.3, -0.25) is 4.79 Å². The highest BCUT2D eigenvalue weighted by atomic mass is 16.5. The highest BCUT2D eigenvalue weighted by Crippen LogP contribution is 2.37. The molecule has 1 aromatic carbocycles. The fourth-order valence-electron chi connectivity index (χ4n) is 2.35. The van der Waals surface area contributed by atoms with E-state index in [9.17, 15) is 4.79 Å². The molecule has 2 aromatic rings. The highest BCUT2D eigenvalue weighted by Gasteiger charge is 2.26. The number of hydrogen-bond donors (Lipinski definition) is 2. The molecule has 2 N–H and O–H groups in total. The molecule has 0 aliphatic heterocycles. The number of hydrogen-bond acceptors (Lipinski definition) is 4. The Kier molecular flexibility index (Phi) is 3.90. The molecule has 1 saturated carbocycles. The van der Waals surface area contributed by atoms with Crippen LogP contribution in [0.15, 0.2) is 35.1 Å². The Balaban J connectivity index is 1.64. The topological polar surface area (TPSA) is 67.0 Å². The Morgan fingerprint density at radius 2 is 2.19 bits per heavy atom. The molecule has 5 heteroatoms. The van der Waals surface area contributed by atoms with E-state index >= 15 is 0 Å². The molecule has 0 unspecified atom stereocenters. The van der Waals surface area contributed by atoms with Gasteiger partial charge in [-0.25, -0.2) is 4.98 Å². The quantitative estimate of drug-likeness (QED) is 0.854. The van der Waals surface area contributed by atoms with Crippen LogP contribution in [0, 0.1) is 0 Å². The largest absolute Gasteiger partial charge is 0.496 e. The maximum Gasteiger partial charge on any atom is 0.252 e. The molecular weight excluding hydrogens is 266 g/mol. The minimum atomic E-state index is -0.0910. The molecule has 1 aliphatic carbocycles. The lowest BCUT2D eigenvalue weighted by Gasteiger charge is -2.09. The minimum absolute atomic E-state index is 0.0910. The number of para-hydroxylation sites is 1. The zero-order valence-electron chi connectivity index (χ0n) is 12.1. The summed E-state index contributed by atoms with van der Waals surface area (Å²) in [5, 5.41) is 3.22. The fourth-order valence-corrected chi connectivity index (χ4v) is 2.35. The third kappa shape index (κ3) is 3.42. The molecule has 110 valence electrons. The maximum absolute atomic E-state index is 11.6. The van der Waals surface area contributed by atoms with Crippen molar-refractivity contribution in [1.82, 2.24) is 9.97 Å². The SMILES string of the molecule is COc1ccccc1CCNc1cc(=O)[nH]c(C2CC2)n1. The van der Waals surface area contributed by atoms with Gasteiger partial charge in [0.05, 0.1) is 7.11 Å². The Hall–Kier alpha value is -2.30. The monoisotopic (exact) mass is 285 g/mol. The van der Waals surface area contributed by atoms with Crippen molar-refractivity contribution in [3.8, 4) is 5.75 Å². The highest BCUT2D eigenvalue weighted by molar-refractivity contribution is 5.37. The number of aromatic nitrogens is 2. The molecule has 0 bridgehead atoms. The van der Waals surface area contributed by atoms with Crippen molar-refractivity contribution in [3.05, 3.63) is 52.1 Å². The predicted octanol–water partition coefficient (Wildman–Crippen LogP) is 2.31. The summed E-state index contributed by atoms with van der Waals surface area (Å²) in [7, 11) is 1.67. The molecule has 0 atom stereocenters. The number of ether oxygens (including phenoxy) is 1. The maximum atomic E-state index is 11.6. The lowest BCUT2D eigenvalue weighted by Crippen LogP contribution is -2.14. The summed E-state index contributed by atoms with van der Waals surface area (Å²) in [5.41, 5.74) is 1.05. The molecule has 0 saturated heterocycles. The van der Waals surface area contributed by atoms with Gasteiger partial charge < -0.3 is 15.0 Å². The van der Waals surface area contributed by atoms with Gasteiger partial charge in [0, 0.05) is 18.5 Å². The van der Waals surface area contributed by atoms with E-state index in [0.717, 1.165) is 36.4 Å². The van der Waals surface area contributed by atoms with E-state index in [-0.39, 0.29) is 5.56 Å². The van der Waals surface area contributed by atoms with E-state index in [1.54, 1.807) is 7.11 Å². The normalized spacial score (nSPS) is 14.0. The number of methoxy groups -OCH3 is 1. The van der Waals surface area contributed by atoms with E-state index in [0.29, 0.717) is 18.3 Å². The molecule has 0 amide bonds. The first-order valence-corrected chi connectivity index (χ1v) is 7.23. The van der Waals surface area contributed by atoms with Gasteiger partial charge in [-0.15, -0.1) is 0 Å². The Labute approximate surface area is 123 Å². The van der Waals surface area contributed by atoms with E-state index in [4.69, 9.17) is 4.74 Å². The molecule has 0 spiro atoms. The lowest BCUT2D eigenvalue weighted by atomic mass is 10.1.